The number of hydrogen-bond acceptors (Lipinski definition) is 4. The third-order valence-corrected chi connectivity index (χ3v) is 6.77. The van der Waals surface area contributed by atoms with Crippen LogP contribution in [-0.2, 0) is 4.79 Å². The van der Waals surface area contributed by atoms with E-state index >= 15 is 0 Å². The molecule has 0 bridgehead atoms. The third-order valence-electron chi connectivity index (χ3n) is 4.25. The first-order chi connectivity index (χ1) is 12.5. The van der Waals surface area contributed by atoms with E-state index in [2.05, 4.69) is 20.1 Å². The number of carbonyl (C=O) groups excluding carboxylic acids is 1. The minimum Gasteiger partial charge on any atom is -0.323 e. The molecule has 5 nitrogen and oxygen atoms in total. The molecule has 0 radical (unpaired) electrons. The topological polar surface area (TPSA) is 59.8 Å². The molecule has 1 N–H and O–H groups in total. The molecular formula is C16H14Cl4N4OS. The van der Waals surface area contributed by atoms with Crippen LogP contribution >= 0.6 is 58.2 Å². The first kappa shape index (κ1) is 18.7. The van der Waals surface area contributed by atoms with Gasteiger partial charge in [0, 0.05) is 12.0 Å². The Bertz CT molecular complexity index is 853. The molecule has 2 fully saturated rings. The number of thioether (sulfide) groups is 1. The Morgan fingerprint density at radius 2 is 1.77 bits per heavy atom. The predicted molar refractivity (Wildman–Crippen MR) is 106 cm³/mol. The van der Waals surface area contributed by atoms with E-state index in [4.69, 9.17) is 46.4 Å². The van der Waals surface area contributed by atoms with Gasteiger partial charge in [0.15, 0.2) is 5.16 Å². The Balaban J connectivity index is 1.46. The Morgan fingerprint density at radius 1 is 1.12 bits per heavy atom. The van der Waals surface area contributed by atoms with Crippen LogP contribution < -0.4 is 5.32 Å². The monoisotopic (exact) mass is 450 g/mol. The second-order valence-electron chi connectivity index (χ2n) is 6.40. The summed E-state index contributed by atoms with van der Waals surface area (Å²) in [7, 11) is 0. The zero-order valence-corrected chi connectivity index (χ0v) is 17.3. The van der Waals surface area contributed by atoms with Gasteiger partial charge < -0.3 is 9.88 Å². The van der Waals surface area contributed by atoms with Crippen molar-refractivity contribution in [3.8, 4) is 0 Å². The van der Waals surface area contributed by atoms with Gasteiger partial charge in [-0.25, -0.2) is 0 Å². The molecule has 138 valence electrons. The maximum atomic E-state index is 12.4. The standard InChI is InChI=1S/C16H14Cl4N4OS/c17-9-5-10(18)13(20)14(12(9)19)21-11(25)6-26-16-23-22-15(7-1-2-7)24(16)8-3-4-8/h5,7-8H,1-4,6H2,(H,21,25). The number of anilines is 1. The molecule has 4 rings (SSSR count). The van der Waals surface area contributed by atoms with Crippen LogP contribution in [0.25, 0.3) is 0 Å². The predicted octanol–water partition coefficient (Wildman–Crippen LogP) is 5.83. The van der Waals surface area contributed by atoms with Crippen LogP contribution in [0.3, 0.4) is 0 Å². The lowest BCUT2D eigenvalue weighted by Crippen LogP contribution is -2.15. The molecule has 1 aromatic carbocycles. The van der Waals surface area contributed by atoms with E-state index in [0.29, 0.717) is 12.0 Å². The first-order valence-corrected chi connectivity index (χ1v) is 10.7. The summed E-state index contributed by atoms with van der Waals surface area (Å²) in [6.07, 6.45) is 4.62. The maximum absolute atomic E-state index is 12.4. The van der Waals surface area contributed by atoms with E-state index in [0.717, 1.165) is 23.8 Å². The van der Waals surface area contributed by atoms with Crippen LogP contribution in [0.2, 0.25) is 20.1 Å². The van der Waals surface area contributed by atoms with Crippen molar-refractivity contribution in [2.24, 2.45) is 0 Å². The van der Waals surface area contributed by atoms with Gasteiger partial charge in [0.05, 0.1) is 31.5 Å². The molecular weight excluding hydrogens is 438 g/mol. The third kappa shape index (κ3) is 3.80. The quantitative estimate of drug-likeness (QED) is 0.443. The summed E-state index contributed by atoms with van der Waals surface area (Å²) in [5.74, 6) is 1.47. The van der Waals surface area contributed by atoms with Crippen molar-refractivity contribution in [3.05, 3.63) is 32.0 Å². The van der Waals surface area contributed by atoms with E-state index < -0.39 is 0 Å². The van der Waals surface area contributed by atoms with Gasteiger partial charge in [-0.05, 0) is 31.7 Å². The zero-order chi connectivity index (χ0) is 18.4. The number of halogens is 4. The molecule has 10 heteroatoms. The second-order valence-corrected chi connectivity index (χ2v) is 8.91. The Morgan fingerprint density at radius 3 is 2.35 bits per heavy atom. The minimum atomic E-state index is -0.268. The molecule has 2 aliphatic carbocycles. The highest BCUT2D eigenvalue weighted by Crippen LogP contribution is 2.46. The molecule has 0 saturated heterocycles. The lowest BCUT2D eigenvalue weighted by atomic mass is 10.3. The summed E-state index contributed by atoms with van der Waals surface area (Å²) in [6.45, 7) is 0. The van der Waals surface area contributed by atoms with Gasteiger partial charge in [0.2, 0.25) is 5.91 Å². The Kier molecular flexibility index (Phi) is 5.32. The normalized spacial score (nSPS) is 16.8. The van der Waals surface area contributed by atoms with E-state index in [1.165, 1.54) is 30.7 Å². The van der Waals surface area contributed by atoms with Gasteiger partial charge in [0.25, 0.3) is 0 Å². The summed E-state index contributed by atoms with van der Waals surface area (Å²) >= 11 is 25.6. The number of rotatable bonds is 6. The molecule has 0 spiro atoms. The van der Waals surface area contributed by atoms with Gasteiger partial charge in [-0.15, -0.1) is 10.2 Å². The van der Waals surface area contributed by atoms with Crippen molar-refractivity contribution in [2.45, 2.75) is 42.8 Å². The molecule has 1 heterocycles. The van der Waals surface area contributed by atoms with Crippen molar-refractivity contribution in [1.29, 1.82) is 0 Å². The molecule has 0 atom stereocenters. The van der Waals surface area contributed by atoms with Gasteiger partial charge >= 0.3 is 0 Å². The van der Waals surface area contributed by atoms with Gasteiger partial charge in [-0.1, -0.05) is 58.2 Å². The van der Waals surface area contributed by atoms with Crippen LogP contribution in [0, 0.1) is 0 Å². The number of carbonyl (C=O) groups is 1. The molecule has 2 aromatic rings. The lowest BCUT2D eigenvalue weighted by molar-refractivity contribution is -0.113. The number of amides is 1. The fraction of sp³-hybridized carbons (Fsp3) is 0.438. The maximum Gasteiger partial charge on any atom is 0.234 e. The van der Waals surface area contributed by atoms with Crippen LogP contribution in [0.15, 0.2) is 11.2 Å². The smallest absolute Gasteiger partial charge is 0.234 e. The number of aromatic nitrogens is 3. The van der Waals surface area contributed by atoms with Crippen molar-refractivity contribution in [3.63, 3.8) is 0 Å². The van der Waals surface area contributed by atoms with Crippen LogP contribution in [0.1, 0.15) is 43.5 Å². The fourth-order valence-corrected chi connectivity index (χ4v) is 4.39. The minimum absolute atomic E-state index is 0.159. The summed E-state index contributed by atoms with van der Waals surface area (Å²) in [4.78, 5) is 12.4. The van der Waals surface area contributed by atoms with E-state index in [-0.39, 0.29) is 37.4 Å². The summed E-state index contributed by atoms with van der Waals surface area (Å²) < 4.78 is 2.20. The number of hydrogen-bond donors (Lipinski definition) is 1. The number of nitrogens with one attached hydrogen (secondary N) is 1. The number of nitrogens with zero attached hydrogens (tertiary/aromatic N) is 3. The molecule has 0 aliphatic heterocycles. The SMILES string of the molecule is O=C(CSc1nnc(C2CC2)n1C1CC1)Nc1c(Cl)c(Cl)cc(Cl)c1Cl. The van der Waals surface area contributed by atoms with Crippen LogP contribution in [0.4, 0.5) is 5.69 Å². The Labute approximate surface area is 174 Å². The number of benzene rings is 1. The van der Waals surface area contributed by atoms with Crippen LogP contribution in [0.5, 0.6) is 0 Å². The van der Waals surface area contributed by atoms with Crippen LogP contribution in [-0.4, -0.2) is 26.4 Å². The summed E-state index contributed by atoms with van der Waals surface area (Å²) in [6, 6.07) is 1.91. The lowest BCUT2D eigenvalue weighted by Gasteiger charge is -2.12. The first-order valence-electron chi connectivity index (χ1n) is 8.16. The van der Waals surface area contributed by atoms with Crippen molar-refractivity contribution >= 4 is 69.8 Å². The highest BCUT2D eigenvalue weighted by Gasteiger charge is 2.36. The van der Waals surface area contributed by atoms with Gasteiger partial charge in [-0.3, -0.25) is 4.79 Å². The van der Waals surface area contributed by atoms with Crippen molar-refractivity contribution < 1.29 is 4.79 Å². The average Bonchev–Trinajstić information content (AvgIpc) is 3.54. The molecule has 2 aliphatic rings. The van der Waals surface area contributed by atoms with Crippen molar-refractivity contribution in [1.82, 2.24) is 14.8 Å². The molecule has 26 heavy (non-hydrogen) atoms. The Hall–Kier alpha value is -0.660. The summed E-state index contributed by atoms with van der Waals surface area (Å²) in [5, 5.41) is 12.9. The molecule has 1 aromatic heterocycles. The second kappa shape index (κ2) is 7.40. The molecule has 1 amide bonds. The van der Waals surface area contributed by atoms with Gasteiger partial charge in [0.1, 0.15) is 5.82 Å². The van der Waals surface area contributed by atoms with Crippen molar-refractivity contribution in [2.75, 3.05) is 11.1 Å². The van der Waals surface area contributed by atoms with Gasteiger partial charge in [-0.2, -0.15) is 0 Å². The summed E-state index contributed by atoms with van der Waals surface area (Å²) in [5.41, 5.74) is 0.221. The van der Waals surface area contributed by atoms with E-state index in [9.17, 15) is 4.79 Å². The molecule has 0 unspecified atom stereocenters. The highest BCUT2D eigenvalue weighted by molar-refractivity contribution is 7.99. The fourth-order valence-electron chi connectivity index (χ4n) is 2.67. The largest absolute Gasteiger partial charge is 0.323 e. The molecule has 2 saturated carbocycles. The van der Waals surface area contributed by atoms with E-state index in [1.807, 2.05) is 0 Å². The highest BCUT2D eigenvalue weighted by atomic mass is 35.5. The van der Waals surface area contributed by atoms with E-state index in [1.54, 1.807) is 0 Å². The zero-order valence-electron chi connectivity index (χ0n) is 13.4. The average molecular weight is 452 g/mol.